The van der Waals surface area contributed by atoms with Gasteiger partial charge in [-0.3, -0.25) is 4.79 Å². The maximum atomic E-state index is 12.9. The number of hydrogen-bond donors (Lipinski definition) is 0. The molecule has 1 saturated heterocycles. The van der Waals surface area contributed by atoms with Gasteiger partial charge in [-0.05, 0) is 30.2 Å². The van der Waals surface area contributed by atoms with Crippen molar-refractivity contribution in [1.29, 1.82) is 0 Å². The molecule has 6 heteroatoms. The number of benzene rings is 2. The van der Waals surface area contributed by atoms with Crippen LogP contribution in [0.15, 0.2) is 42.5 Å². The second-order valence-corrected chi connectivity index (χ2v) is 7.78. The fourth-order valence-electron chi connectivity index (χ4n) is 3.79. The van der Waals surface area contributed by atoms with Crippen LogP contribution < -0.4 is 14.5 Å². The molecule has 3 heterocycles. The van der Waals surface area contributed by atoms with Gasteiger partial charge in [-0.2, -0.15) is 0 Å². The van der Waals surface area contributed by atoms with Crippen LogP contribution in [0.1, 0.15) is 5.56 Å². The molecule has 0 unspecified atom stereocenters. The fraction of sp³-hybridized carbons (Fsp3) is 0.300. The van der Waals surface area contributed by atoms with Crippen LogP contribution in [0.3, 0.4) is 0 Å². The van der Waals surface area contributed by atoms with Crippen molar-refractivity contribution in [3.63, 3.8) is 0 Å². The number of carbonyl (C=O) groups is 1. The molecule has 5 nitrogen and oxygen atoms in total. The number of carbonyl (C=O) groups excluding carboxylic acids is 1. The number of aromatic nitrogens is 1. The maximum Gasteiger partial charge on any atom is 0.233 e. The highest BCUT2D eigenvalue weighted by molar-refractivity contribution is 7.22. The molecule has 3 aromatic rings. The van der Waals surface area contributed by atoms with Crippen molar-refractivity contribution < 1.29 is 9.53 Å². The molecule has 0 radical (unpaired) electrons. The number of amides is 1. The lowest BCUT2D eigenvalue weighted by Gasteiger charge is -2.39. The average molecular weight is 365 g/mol. The third-order valence-electron chi connectivity index (χ3n) is 5.25. The molecule has 0 atom stereocenters. The minimum atomic E-state index is 0.0510. The molecule has 0 saturated carbocycles. The second kappa shape index (κ2) is 5.99. The van der Waals surface area contributed by atoms with Crippen molar-refractivity contribution in [3.05, 3.63) is 48.0 Å². The van der Waals surface area contributed by atoms with Gasteiger partial charge in [-0.1, -0.05) is 35.6 Å². The van der Waals surface area contributed by atoms with E-state index in [-0.39, 0.29) is 11.8 Å². The van der Waals surface area contributed by atoms with E-state index in [0.29, 0.717) is 0 Å². The van der Waals surface area contributed by atoms with Crippen LogP contribution in [0.25, 0.3) is 10.2 Å². The molecule has 1 fully saturated rings. The highest BCUT2D eigenvalue weighted by Gasteiger charge is 2.38. The Hall–Kier alpha value is -2.60. The molecule has 0 N–H and O–H groups in total. The number of rotatable bonds is 3. The number of methoxy groups -OCH3 is 1. The lowest BCUT2D eigenvalue weighted by molar-refractivity contribution is -0.123. The number of para-hydroxylation sites is 2. The quantitative estimate of drug-likeness (QED) is 0.714. The molecule has 2 aromatic carbocycles. The van der Waals surface area contributed by atoms with Gasteiger partial charge in [-0.25, -0.2) is 4.98 Å². The Morgan fingerprint density at radius 3 is 2.88 bits per heavy atom. The smallest absolute Gasteiger partial charge is 0.233 e. The Bertz CT molecular complexity index is 994. The summed E-state index contributed by atoms with van der Waals surface area (Å²) in [6, 6.07) is 14.2. The zero-order chi connectivity index (χ0) is 17.7. The van der Waals surface area contributed by atoms with Crippen molar-refractivity contribution in [1.82, 2.24) is 4.98 Å². The Morgan fingerprint density at radius 1 is 1.19 bits per heavy atom. The Kier molecular flexibility index (Phi) is 3.60. The van der Waals surface area contributed by atoms with Gasteiger partial charge in [-0.15, -0.1) is 0 Å². The van der Waals surface area contributed by atoms with Crippen LogP contribution >= 0.6 is 11.3 Å². The zero-order valence-electron chi connectivity index (χ0n) is 14.5. The van der Waals surface area contributed by atoms with E-state index >= 15 is 0 Å². The van der Waals surface area contributed by atoms with E-state index in [4.69, 9.17) is 9.72 Å². The van der Waals surface area contributed by atoms with Crippen molar-refractivity contribution >= 4 is 38.3 Å². The molecule has 1 amide bonds. The van der Waals surface area contributed by atoms with Gasteiger partial charge in [0, 0.05) is 25.3 Å². The number of ether oxygens (including phenoxy) is 1. The summed E-state index contributed by atoms with van der Waals surface area (Å²) in [7, 11) is 1.67. The molecule has 2 aliphatic rings. The summed E-state index contributed by atoms with van der Waals surface area (Å²) >= 11 is 1.66. The summed E-state index contributed by atoms with van der Waals surface area (Å²) in [6.07, 6.45) is 0.954. The topological polar surface area (TPSA) is 45.7 Å². The zero-order valence-corrected chi connectivity index (χ0v) is 15.3. The first-order chi connectivity index (χ1) is 12.7. The largest absolute Gasteiger partial charge is 0.494 e. The lowest BCUT2D eigenvalue weighted by atomic mass is 9.99. The average Bonchev–Trinajstić information content (AvgIpc) is 3.24. The van der Waals surface area contributed by atoms with Gasteiger partial charge in [0.25, 0.3) is 0 Å². The highest BCUT2D eigenvalue weighted by atomic mass is 32.1. The van der Waals surface area contributed by atoms with Gasteiger partial charge < -0.3 is 14.5 Å². The molecule has 1 aromatic heterocycles. The molecular weight excluding hydrogens is 346 g/mol. The van der Waals surface area contributed by atoms with Gasteiger partial charge in [0.1, 0.15) is 11.3 Å². The van der Waals surface area contributed by atoms with Crippen LogP contribution in [-0.2, 0) is 11.2 Å². The van der Waals surface area contributed by atoms with Crippen molar-refractivity contribution in [2.24, 2.45) is 5.92 Å². The van der Waals surface area contributed by atoms with Gasteiger partial charge >= 0.3 is 0 Å². The molecular formula is C20H19N3O2S. The van der Waals surface area contributed by atoms with E-state index in [0.717, 1.165) is 52.8 Å². The number of nitrogens with zero attached hydrogens (tertiary/aromatic N) is 3. The van der Waals surface area contributed by atoms with Crippen LogP contribution in [-0.4, -0.2) is 37.6 Å². The van der Waals surface area contributed by atoms with Crippen LogP contribution in [0.5, 0.6) is 5.75 Å². The molecule has 0 spiro atoms. The van der Waals surface area contributed by atoms with E-state index in [2.05, 4.69) is 23.1 Å². The van der Waals surface area contributed by atoms with Crippen molar-refractivity contribution in [2.75, 3.05) is 36.5 Å². The van der Waals surface area contributed by atoms with E-state index < -0.39 is 0 Å². The summed E-state index contributed by atoms with van der Waals surface area (Å²) in [5.41, 5.74) is 3.26. The Labute approximate surface area is 155 Å². The van der Waals surface area contributed by atoms with Gasteiger partial charge in [0.2, 0.25) is 5.91 Å². The minimum absolute atomic E-state index is 0.0510. The molecule has 132 valence electrons. The molecule has 0 bridgehead atoms. The normalized spacial score (nSPS) is 16.7. The monoisotopic (exact) mass is 365 g/mol. The second-order valence-electron chi connectivity index (χ2n) is 6.77. The van der Waals surface area contributed by atoms with Crippen molar-refractivity contribution in [3.8, 4) is 5.75 Å². The molecule has 0 aliphatic carbocycles. The van der Waals surface area contributed by atoms with Gasteiger partial charge in [0.15, 0.2) is 5.13 Å². The predicted molar refractivity (Wildman–Crippen MR) is 104 cm³/mol. The van der Waals surface area contributed by atoms with Crippen LogP contribution in [0.2, 0.25) is 0 Å². The Balaban J connectivity index is 1.31. The third-order valence-corrected chi connectivity index (χ3v) is 6.33. The van der Waals surface area contributed by atoms with E-state index in [9.17, 15) is 4.79 Å². The SMILES string of the molecule is COc1cccc2sc(N3CC(C(=O)N4CCc5ccccc54)C3)nc12. The van der Waals surface area contributed by atoms with E-state index in [1.807, 2.05) is 29.2 Å². The van der Waals surface area contributed by atoms with E-state index in [1.165, 1.54) is 5.56 Å². The van der Waals surface area contributed by atoms with E-state index in [1.54, 1.807) is 18.4 Å². The third kappa shape index (κ3) is 2.36. The predicted octanol–water partition coefficient (Wildman–Crippen LogP) is 3.33. The molecule has 2 aliphatic heterocycles. The fourth-order valence-corrected chi connectivity index (χ4v) is 4.79. The maximum absolute atomic E-state index is 12.9. The number of anilines is 2. The first-order valence-electron chi connectivity index (χ1n) is 8.82. The first kappa shape index (κ1) is 15.6. The van der Waals surface area contributed by atoms with Crippen LogP contribution in [0.4, 0.5) is 10.8 Å². The number of hydrogen-bond acceptors (Lipinski definition) is 5. The summed E-state index contributed by atoms with van der Waals surface area (Å²) < 4.78 is 6.51. The first-order valence-corrected chi connectivity index (χ1v) is 9.64. The van der Waals surface area contributed by atoms with Crippen molar-refractivity contribution in [2.45, 2.75) is 6.42 Å². The summed E-state index contributed by atoms with van der Waals surface area (Å²) in [4.78, 5) is 21.8. The Morgan fingerprint density at radius 2 is 2.04 bits per heavy atom. The summed E-state index contributed by atoms with van der Waals surface area (Å²) in [6.45, 7) is 2.27. The molecule has 5 rings (SSSR count). The highest BCUT2D eigenvalue weighted by Crippen LogP contribution is 2.37. The summed E-state index contributed by atoms with van der Waals surface area (Å²) in [5, 5.41) is 0.968. The van der Waals surface area contributed by atoms with Gasteiger partial charge in [0.05, 0.1) is 17.7 Å². The number of fused-ring (bicyclic) bond motifs is 2. The lowest BCUT2D eigenvalue weighted by Crippen LogP contribution is -2.54. The molecule has 26 heavy (non-hydrogen) atoms. The minimum Gasteiger partial charge on any atom is -0.494 e. The standard InChI is InChI=1S/C20H19N3O2S/c1-25-16-7-4-8-17-18(16)21-20(26-17)22-11-14(12-22)19(24)23-10-9-13-5-2-3-6-15(13)23/h2-8,14H,9-12H2,1H3. The number of thiazole rings is 1. The van der Waals surface area contributed by atoms with Crippen LogP contribution in [0, 0.1) is 5.92 Å². The summed E-state index contributed by atoms with van der Waals surface area (Å²) in [5.74, 6) is 1.09.